The van der Waals surface area contributed by atoms with E-state index in [1.807, 2.05) is 24.3 Å². The normalized spacial score (nSPS) is 17.6. The molecule has 1 atom stereocenters. The average Bonchev–Trinajstić information content (AvgIpc) is 2.62. The predicted molar refractivity (Wildman–Crippen MR) is 91.7 cm³/mol. The Morgan fingerprint density at radius 2 is 2.17 bits per heavy atom. The van der Waals surface area contributed by atoms with Crippen molar-refractivity contribution in [3.05, 3.63) is 42.1 Å². The minimum atomic E-state index is 0.533. The molecule has 23 heavy (non-hydrogen) atoms. The summed E-state index contributed by atoms with van der Waals surface area (Å²) in [5, 5.41) is 12.3. The van der Waals surface area contributed by atoms with Crippen LogP contribution >= 0.6 is 0 Å². The SMILES string of the molecule is CCC1CCCCN1c1ccnc(Nc2ccccc2C#N)n1. The molecular formula is C18H21N5. The minimum absolute atomic E-state index is 0.533. The first-order valence-corrected chi connectivity index (χ1v) is 8.17. The van der Waals surface area contributed by atoms with Gasteiger partial charge in [0.05, 0.1) is 11.3 Å². The number of piperidine rings is 1. The molecule has 1 saturated heterocycles. The molecule has 1 aliphatic heterocycles. The van der Waals surface area contributed by atoms with Crippen LogP contribution in [0.4, 0.5) is 17.5 Å². The number of benzene rings is 1. The van der Waals surface area contributed by atoms with Gasteiger partial charge < -0.3 is 10.2 Å². The van der Waals surface area contributed by atoms with E-state index in [0.29, 0.717) is 17.6 Å². The second-order valence-corrected chi connectivity index (χ2v) is 5.77. The number of hydrogen-bond donors (Lipinski definition) is 1. The van der Waals surface area contributed by atoms with Gasteiger partial charge in [0.1, 0.15) is 11.9 Å². The first-order chi connectivity index (χ1) is 11.3. The first-order valence-electron chi connectivity index (χ1n) is 8.17. The highest BCUT2D eigenvalue weighted by Crippen LogP contribution is 2.26. The Labute approximate surface area is 137 Å². The monoisotopic (exact) mass is 307 g/mol. The lowest BCUT2D eigenvalue weighted by molar-refractivity contribution is 0.447. The second kappa shape index (κ2) is 7.10. The van der Waals surface area contributed by atoms with Crippen LogP contribution in [-0.2, 0) is 0 Å². The van der Waals surface area contributed by atoms with Crippen LogP contribution in [0.2, 0.25) is 0 Å². The van der Waals surface area contributed by atoms with Crippen LogP contribution in [0.1, 0.15) is 38.2 Å². The summed E-state index contributed by atoms with van der Waals surface area (Å²) >= 11 is 0. The van der Waals surface area contributed by atoms with Crippen LogP contribution in [0.3, 0.4) is 0 Å². The smallest absolute Gasteiger partial charge is 0.229 e. The number of nitrogens with one attached hydrogen (secondary N) is 1. The summed E-state index contributed by atoms with van der Waals surface area (Å²) < 4.78 is 0. The van der Waals surface area contributed by atoms with Crippen molar-refractivity contribution in [1.29, 1.82) is 5.26 Å². The van der Waals surface area contributed by atoms with Gasteiger partial charge in [0, 0.05) is 18.8 Å². The Bertz CT molecular complexity index is 707. The zero-order valence-corrected chi connectivity index (χ0v) is 13.4. The molecule has 0 amide bonds. The molecule has 0 spiro atoms. The molecule has 1 unspecified atom stereocenters. The Kier molecular flexibility index (Phi) is 4.72. The van der Waals surface area contributed by atoms with E-state index in [9.17, 15) is 5.26 Å². The lowest BCUT2D eigenvalue weighted by Crippen LogP contribution is -2.39. The maximum absolute atomic E-state index is 9.18. The zero-order chi connectivity index (χ0) is 16.1. The van der Waals surface area contributed by atoms with E-state index >= 15 is 0 Å². The number of nitriles is 1. The Morgan fingerprint density at radius 1 is 1.30 bits per heavy atom. The third-order valence-electron chi connectivity index (χ3n) is 4.33. The van der Waals surface area contributed by atoms with Crippen LogP contribution in [0.5, 0.6) is 0 Å². The predicted octanol–water partition coefficient (Wildman–Crippen LogP) is 3.86. The average molecular weight is 307 g/mol. The quantitative estimate of drug-likeness (QED) is 0.929. The van der Waals surface area contributed by atoms with Gasteiger partial charge in [-0.15, -0.1) is 0 Å². The molecule has 1 aliphatic rings. The molecule has 2 aromatic rings. The number of anilines is 3. The summed E-state index contributed by atoms with van der Waals surface area (Å²) in [6.07, 6.45) is 6.63. The van der Waals surface area contributed by atoms with E-state index in [1.165, 1.54) is 19.3 Å². The van der Waals surface area contributed by atoms with Crippen LogP contribution in [0, 0.1) is 11.3 Å². The Morgan fingerprint density at radius 3 is 3.00 bits per heavy atom. The number of hydrogen-bond acceptors (Lipinski definition) is 5. The molecule has 0 saturated carbocycles. The maximum Gasteiger partial charge on any atom is 0.229 e. The van der Waals surface area contributed by atoms with Crippen molar-refractivity contribution in [3.63, 3.8) is 0 Å². The zero-order valence-electron chi connectivity index (χ0n) is 13.4. The number of nitrogens with zero attached hydrogens (tertiary/aromatic N) is 4. The molecule has 1 aromatic carbocycles. The molecular weight excluding hydrogens is 286 g/mol. The highest BCUT2D eigenvalue weighted by Gasteiger charge is 2.22. The fraction of sp³-hybridized carbons (Fsp3) is 0.389. The number of para-hydroxylation sites is 1. The van der Waals surface area contributed by atoms with Crippen molar-refractivity contribution in [2.24, 2.45) is 0 Å². The number of rotatable bonds is 4. The minimum Gasteiger partial charge on any atom is -0.353 e. The fourth-order valence-electron chi connectivity index (χ4n) is 3.11. The van der Waals surface area contributed by atoms with E-state index in [1.54, 1.807) is 12.3 Å². The third kappa shape index (κ3) is 3.42. The van der Waals surface area contributed by atoms with E-state index in [2.05, 4.69) is 33.2 Å². The summed E-state index contributed by atoms with van der Waals surface area (Å²) in [5.74, 6) is 1.49. The first kappa shape index (κ1) is 15.3. The van der Waals surface area contributed by atoms with Crippen molar-refractivity contribution < 1.29 is 0 Å². The van der Waals surface area contributed by atoms with E-state index in [4.69, 9.17) is 0 Å². The van der Waals surface area contributed by atoms with Gasteiger partial charge in [0.15, 0.2) is 0 Å². The summed E-state index contributed by atoms with van der Waals surface area (Å²) in [4.78, 5) is 11.3. The van der Waals surface area contributed by atoms with Crippen molar-refractivity contribution in [2.75, 3.05) is 16.8 Å². The van der Waals surface area contributed by atoms with Crippen molar-refractivity contribution >= 4 is 17.5 Å². The molecule has 0 bridgehead atoms. The largest absolute Gasteiger partial charge is 0.353 e. The third-order valence-corrected chi connectivity index (χ3v) is 4.33. The van der Waals surface area contributed by atoms with Crippen molar-refractivity contribution in [2.45, 2.75) is 38.6 Å². The summed E-state index contributed by atoms with van der Waals surface area (Å²) in [6, 6.07) is 12.1. The van der Waals surface area contributed by atoms with Gasteiger partial charge in [-0.05, 0) is 43.9 Å². The second-order valence-electron chi connectivity index (χ2n) is 5.77. The van der Waals surface area contributed by atoms with Gasteiger partial charge in [0.25, 0.3) is 0 Å². The van der Waals surface area contributed by atoms with Crippen LogP contribution in [0.15, 0.2) is 36.5 Å². The van der Waals surface area contributed by atoms with E-state index in [0.717, 1.165) is 24.5 Å². The Hall–Kier alpha value is -2.61. The van der Waals surface area contributed by atoms with Gasteiger partial charge >= 0.3 is 0 Å². The van der Waals surface area contributed by atoms with Gasteiger partial charge in [-0.25, -0.2) is 4.98 Å². The summed E-state index contributed by atoms with van der Waals surface area (Å²) in [6.45, 7) is 3.27. The van der Waals surface area contributed by atoms with Crippen LogP contribution < -0.4 is 10.2 Å². The van der Waals surface area contributed by atoms with Gasteiger partial charge in [-0.3, -0.25) is 0 Å². The molecule has 0 aliphatic carbocycles. The molecule has 118 valence electrons. The standard InChI is InChI=1S/C18H21N5/c1-2-15-8-5-6-12-23(15)17-10-11-20-18(22-17)21-16-9-4-3-7-14(16)13-19/h3-4,7,9-11,15H,2,5-6,8,12H2,1H3,(H,20,21,22). The molecule has 0 radical (unpaired) electrons. The molecule has 1 N–H and O–H groups in total. The van der Waals surface area contributed by atoms with E-state index in [-0.39, 0.29) is 0 Å². The highest BCUT2D eigenvalue weighted by molar-refractivity contribution is 5.63. The fourth-order valence-corrected chi connectivity index (χ4v) is 3.11. The molecule has 5 nitrogen and oxygen atoms in total. The van der Waals surface area contributed by atoms with Crippen molar-refractivity contribution in [3.8, 4) is 6.07 Å². The van der Waals surface area contributed by atoms with E-state index < -0.39 is 0 Å². The van der Waals surface area contributed by atoms with Crippen LogP contribution in [-0.4, -0.2) is 22.6 Å². The maximum atomic E-state index is 9.18. The van der Waals surface area contributed by atoms with Crippen molar-refractivity contribution in [1.82, 2.24) is 9.97 Å². The summed E-state index contributed by atoms with van der Waals surface area (Å²) in [7, 11) is 0. The van der Waals surface area contributed by atoms with Gasteiger partial charge in [-0.2, -0.15) is 10.2 Å². The highest BCUT2D eigenvalue weighted by atomic mass is 15.2. The molecule has 1 aromatic heterocycles. The lowest BCUT2D eigenvalue weighted by Gasteiger charge is -2.36. The van der Waals surface area contributed by atoms with Crippen LogP contribution in [0.25, 0.3) is 0 Å². The van der Waals surface area contributed by atoms with Gasteiger partial charge in [0.2, 0.25) is 5.95 Å². The van der Waals surface area contributed by atoms with Gasteiger partial charge in [-0.1, -0.05) is 19.1 Å². The molecule has 5 heteroatoms. The topological polar surface area (TPSA) is 64.8 Å². The molecule has 2 heterocycles. The lowest BCUT2D eigenvalue weighted by atomic mass is 10.0. The molecule has 3 rings (SSSR count). The molecule has 1 fully saturated rings. The number of aromatic nitrogens is 2. The Balaban J connectivity index is 1.84. The summed E-state index contributed by atoms with van der Waals surface area (Å²) in [5.41, 5.74) is 1.32.